The summed E-state index contributed by atoms with van der Waals surface area (Å²) in [5, 5.41) is 2.94. The van der Waals surface area contributed by atoms with Gasteiger partial charge in [0.25, 0.3) is 5.91 Å². The molecule has 0 aromatic heterocycles. The lowest BCUT2D eigenvalue weighted by Crippen LogP contribution is -2.26. The fourth-order valence-electron chi connectivity index (χ4n) is 1.76. The van der Waals surface area contributed by atoms with Crippen molar-refractivity contribution in [3.05, 3.63) is 34.1 Å². The van der Waals surface area contributed by atoms with Gasteiger partial charge in [-0.3, -0.25) is 4.79 Å². The highest BCUT2D eigenvalue weighted by atomic mass is 79.9. The maximum atomic E-state index is 13.0. The highest BCUT2D eigenvalue weighted by Gasteiger charge is 2.36. The predicted molar refractivity (Wildman–Crippen MR) is 63.8 cm³/mol. The molecule has 1 aromatic rings. The Labute approximate surface area is 102 Å². The number of rotatable bonds is 3. The summed E-state index contributed by atoms with van der Waals surface area (Å²) in [6.07, 6.45) is 2.16. The first-order valence-electron chi connectivity index (χ1n) is 5.37. The quantitative estimate of drug-likeness (QED) is 0.908. The highest BCUT2D eigenvalue weighted by Crippen LogP contribution is 2.33. The minimum absolute atomic E-state index is 0.123. The molecular weight excluding hydrogens is 273 g/mol. The molecule has 0 spiro atoms. The molecule has 86 valence electrons. The Morgan fingerprint density at radius 1 is 1.62 bits per heavy atom. The summed E-state index contributed by atoms with van der Waals surface area (Å²) in [5.41, 5.74) is 0.495. The first kappa shape index (κ1) is 11.6. The molecule has 2 nitrogen and oxygen atoms in total. The smallest absolute Gasteiger partial charge is 0.251 e. The Hall–Kier alpha value is -0.900. The van der Waals surface area contributed by atoms with E-state index in [1.165, 1.54) is 18.2 Å². The molecule has 1 fully saturated rings. The molecule has 1 N–H and O–H groups in total. The number of carbonyl (C=O) groups is 1. The van der Waals surface area contributed by atoms with E-state index in [0.29, 0.717) is 22.0 Å². The number of nitrogens with one attached hydrogen (secondary N) is 1. The van der Waals surface area contributed by atoms with E-state index in [-0.39, 0.29) is 11.7 Å². The van der Waals surface area contributed by atoms with Gasteiger partial charge in [0.15, 0.2) is 0 Å². The lowest BCUT2D eigenvalue weighted by Gasteiger charge is -2.05. The van der Waals surface area contributed by atoms with Gasteiger partial charge in [-0.2, -0.15) is 0 Å². The molecule has 1 aliphatic rings. The van der Waals surface area contributed by atoms with Crippen molar-refractivity contribution in [2.45, 2.75) is 25.8 Å². The van der Waals surface area contributed by atoms with Gasteiger partial charge in [0.05, 0.1) is 4.47 Å². The zero-order valence-electron chi connectivity index (χ0n) is 8.97. The zero-order chi connectivity index (χ0) is 11.7. The summed E-state index contributed by atoms with van der Waals surface area (Å²) in [5.74, 6) is 0.142. The largest absolute Gasteiger partial charge is 0.349 e. The minimum Gasteiger partial charge on any atom is -0.349 e. The molecule has 0 radical (unpaired) electrons. The normalized spacial score (nSPS) is 22.9. The molecule has 0 heterocycles. The van der Waals surface area contributed by atoms with Crippen LogP contribution in [-0.2, 0) is 0 Å². The van der Waals surface area contributed by atoms with E-state index >= 15 is 0 Å². The van der Waals surface area contributed by atoms with Crippen molar-refractivity contribution < 1.29 is 9.18 Å². The van der Waals surface area contributed by atoms with Crippen LogP contribution in [0.4, 0.5) is 4.39 Å². The van der Waals surface area contributed by atoms with Crippen molar-refractivity contribution >= 4 is 21.8 Å². The number of amides is 1. The third-order valence-electron chi connectivity index (χ3n) is 2.95. The number of halogens is 2. The number of benzene rings is 1. The summed E-state index contributed by atoms with van der Waals surface area (Å²) >= 11 is 3.07. The van der Waals surface area contributed by atoms with Crippen molar-refractivity contribution in [1.29, 1.82) is 0 Å². The van der Waals surface area contributed by atoms with E-state index in [9.17, 15) is 9.18 Å². The Morgan fingerprint density at radius 2 is 2.38 bits per heavy atom. The first-order valence-corrected chi connectivity index (χ1v) is 6.17. The third-order valence-corrected chi connectivity index (χ3v) is 3.55. The standard InChI is InChI=1S/C12H13BrFNO/c1-2-7-6-11(7)15-12(16)8-3-4-10(14)9(13)5-8/h3-5,7,11H,2,6H2,1H3,(H,15,16). The molecule has 1 aromatic carbocycles. The van der Waals surface area contributed by atoms with Crippen LogP contribution in [0.5, 0.6) is 0 Å². The van der Waals surface area contributed by atoms with Crippen molar-refractivity contribution in [2.24, 2.45) is 5.92 Å². The van der Waals surface area contributed by atoms with E-state index in [2.05, 4.69) is 28.2 Å². The Balaban J connectivity index is 2.01. The lowest BCUT2D eigenvalue weighted by molar-refractivity contribution is 0.0949. The summed E-state index contributed by atoms with van der Waals surface area (Å²) in [6.45, 7) is 2.12. The fraction of sp³-hybridized carbons (Fsp3) is 0.417. The van der Waals surface area contributed by atoms with Crippen LogP contribution in [0.3, 0.4) is 0 Å². The summed E-state index contributed by atoms with van der Waals surface area (Å²) < 4.78 is 13.3. The average Bonchev–Trinajstić information content (AvgIpc) is 3.00. The molecule has 2 atom stereocenters. The predicted octanol–water partition coefficient (Wildman–Crippen LogP) is 3.12. The molecule has 0 saturated heterocycles. The minimum atomic E-state index is -0.352. The summed E-state index contributed by atoms with van der Waals surface area (Å²) in [7, 11) is 0. The monoisotopic (exact) mass is 285 g/mol. The van der Waals surface area contributed by atoms with Gasteiger partial charge >= 0.3 is 0 Å². The lowest BCUT2D eigenvalue weighted by atomic mass is 10.2. The van der Waals surface area contributed by atoms with Crippen molar-refractivity contribution in [1.82, 2.24) is 5.32 Å². The van der Waals surface area contributed by atoms with Gasteiger partial charge in [0, 0.05) is 11.6 Å². The number of hydrogen-bond donors (Lipinski definition) is 1. The molecule has 4 heteroatoms. The van der Waals surface area contributed by atoms with Crippen LogP contribution in [0.15, 0.2) is 22.7 Å². The Kier molecular flexibility index (Phi) is 3.28. The van der Waals surface area contributed by atoms with E-state index < -0.39 is 0 Å². The van der Waals surface area contributed by atoms with Crippen molar-refractivity contribution in [3.63, 3.8) is 0 Å². The Morgan fingerprint density at radius 3 is 2.94 bits per heavy atom. The summed E-state index contributed by atoms with van der Waals surface area (Å²) in [4.78, 5) is 11.8. The molecule has 2 rings (SSSR count). The molecule has 0 bridgehead atoms. The summed E-state index contributed by atoms with van der Waals surface area (Å²) in [6, 6.07) is 4.61. The van der Waals surface area contributed by atoms with Crippen LogP contribution < -0.4 is 5.32 Å². The molecule has 1 aliphatic carbocycles. The van der Waals surface area contributed by atoms with Crippen molar-refractivity contribution in [3.8, 4) is 0 Å². The molecule has 16 heavy (non-hydrogen) atoms. The van der Waals surface area contributed by atoms with Crippen LogP contribution in [0, 0.1) is 11.7 Å². The third kappa shape index (κ3) is 2.43. The van der Waals surface area contributed by atoms with Gasteiger partial charge in [-0.05, 0) is 46.5 Å². The van der Waals surface area contributed by atoms with Crippen LogP contribution in [0.1, 0.15) is 30.1 Å². The second-order valence-corrected chi connectivity index (χ2v) is 4.97. The van der Waals surface area contributed by atoms with Crippen LogP contribution >= 0.6 is 15.9 Å². The van der Waals surface area contributed by atoms with Gasteiger partial charge in [-0.1, -0.05) is 13.3 Å². The SMILES string of the molecule is CCC1CC1NC(=O)c1ccc(F)c(Br)c1. The maximum Gasteiger partial charge on any atom is 0.251 e. The molecule has 2 unspecified atom stereocenters. The Bertz CT molecular complexity index is 421. The average molecular weight is 286 g/mol. The van der Waals surface area contributed by atoms with E-state index in [0.717, 1.165) is 12.8 Å². The second-order valence-electron chi connectivity index (χ2n) is 4.11. The number of hydrogen-bond acceptors (Lipinski definition) is 1. The molecular formula is C12H13BrFNO. The van der Waals surface area contributed by atoms with E-state index in [4.69, 9.17) is 0 Å². The van der Waals surface area contributed by atoms with Crippen molar-refractivity contribution in [2.75, 3.05) is 0 Å². The topological polar surface area (TPSA) is 29.1 Å². The van der Waals surface area contributed by atoms with Crippen LogP contribution in [-0.4, -0.2) is 11.9 Å². The zero-order valence-corrected chi connectivity index (χ0v) is 10.6. The highest BCUT2D eigenvalue weighted by molar-refractivity contribution is 9.10. The van der Waals surface area contributed by atoms with Gasteiger partial charge in [0.1, 0.15) is 5.82 Å². The maximum absolute atomic E-state index is 13.0. The van der Waals surface area contributed by atoms with E-state index in [1.54, 1.807) is 0 Å². The van der Waals surface area contributed by atoms with Gasteiger partial charge in [-0.15, -0.1) is 0 Å². The second kappa shape index (κ2) is 4.53. The van der Waals surface area contributed by atoms with Gasteiger partial charge < -0.3 is 5.32 Å². The fourth-order valence-corrected chi connectivity index (χ4v) is 2.14. The van der Waals surface area contributed by atoms with Gasteiger partial charge in [0.2, 0.25) is 0 Å². The molecule has 1 amide bonds. The molecule has 0 aliphatic heterocycles. The van der Waals surface area contributed by atoms with Gasteiger partial charge in [-0.25, -0.2) is 4.39 Å². The van der Waals surface area contributed by atoms with Crippen LogP contribution in [0.25, 0.3) is 0 Å². The van der Waals surface area contributed by atoms with E-state index in [1.807, 2.05) is 0 Å². The van der Waals surface area contributed by atoms with Crippen LogP contribution in [0.2, 0.25) is 0 Å². The first-order chi connectivity index (χ1) is 7.61. The number of carbonyl (C=O) groups excluding carboxylic acids is 1. The molecule has 1 saturated carbocycles.